The molecule has 1 aromatic rings. The lowest BCUT2D eigenvalue weighted by molar-refractivity contribution is -0.157. The number of ether oxygens (including phenoxy) is 2. The molecule has 1 heterocycles. The van der Waals surface area contributed by atoms with Gasteiger partial charge in [-0.2, -0.15) is 0 Å². The minimum absolute atomic E-state index is 0.199. The first-order chi connectivity index (χ1) is 12.1. The largest absolute Gasteiger partial charge is 0.493 e. The Morgan fingerprint density at radius 2 is 2.08 bits per heavy atom. The van der Waals surface area contributed by atoms with Crippen LogP contribution in [0.15, 0.2) is 18.2 Å². The normalized spacial score (nSPS) is 24.1. The molecular formula is C19H28N2O4. The number of likely N-dealkylation sites (tertiary alicyclic amines) is 1. The van der Waals surface area contributed by atoms with Crippen LogP contribution < -0.4 is 14.8 Å². The molecule has 1 aliphatic heterocycles. The summed E-state index contributed by atoms with van der Waals surface area (Å²) in [5.74, 6) is 1.08. The SMILES string of the molecule is COc1cccc(CN2CCC[C@@](O)(CNC3CCC3)C2=O)c1OC. The molecule has 138 valence electrons. The predicted molar refractivity (Wildman–Crippen MR) is 94.8 cm³/mol. The van der Waals surface area contributed by atoms with Gasteiger partial charge in [-0.05, 0) is 31.7 Å². The molecule has 0 bridgehead atoms. The van der Waals surface area contributed by atoms with Crippen LogP contribution in [-0.2, 0) is 11.3 Å². The summed E-state index contributed by atoms with van der Waals surface area (Å²) < 4.78 is 10.8. The van der Waals surface area contributed by atoms with E-state index in [9.17, 15) is 9.90 Å². The summed E-state index contributed by atoms with van der Waals surface area (Å²) in [5.41, 5.74) is -0.425. The molecule has 1 saturated carbocycles. The van der Waals surface area contributed by atoms with Crippen LogP contribution >= 0.6 is 0 Å². The summed E-state index contributed by atoms with van der Waals surface area (Å²) in [4.78, 5) is 14.6. The first-order valence-corrected chi connectivity index (χ1v) is 9.02. The van der Waals surface area contributed by atoms with Gasteiger partial charge in [-0.1, -0.05) is 18.6 Å². The van der Waals surface area contributed by atoms with E-state index in [2.05, 4.69) is 5.32 Å². The monoisotopic (exact) mass is 348 g/mol. The second-order valence-corrected chi connectivity index (χ2v) is 7.02. The number of carbonyl (C=O) groups excluding carboxylic acids is 1. The molecule has 1 atom stereocenters. The molecule has 0 radical (unpaired) electrons. The minimum Gasteiger partial charge on any atom is -0.493 e. The first kappa shape index (κ1) is 18.0. The van der Waals surface area contributed by atoms with E-state index in [1.807, 2.05) is 18.2 Å². The van der Waals surface area contributed by atoms with Gasteiger partial charge in [0.1, 0.15) is 0 Å². The van der Waals surface area contributed by atoms with E-state index in [1.165, 1.54) is 6.42 Å². The van der Waals surface area contributed by atoms with Crippen molar-refractivity contribution >= 4 is 5.91 Å². The zero-order valence-electron chi connectivity index (χ0n) is 15.1. The molecule has 6 nitrogen and oxygen atoms in total. The number of hydrogen-bond donors (Lipinski definition) is 2. The highest BCUT2D eigenvalue weighted by Crippen LogP contribution is 2.33. The number of rotatable bonds is 7. The van der Waals surface area contributed by atoms with Gasteiger partial charge in [0.15, 0.2) is 17.1 Å². The van der Waals surface area contributed by atoms with Crippen molar-refractivity contribution < 1.29 is 19.4 Å². The molecule has 0 unspecified atom stereocenters. The van der Waals surface area contributed by atoms with Crippen molar-refractivity contribution in [3.8, 4) is 11.5 Å². The Balaban J connectivity index is 1.70. The molecule has 2 aliphatic rings. The third kappa shape index (κ3) is 3.75. The Kier molecular flexibility index (Phi) is 5.49. The Hall–Kier alpha value is -1.79. The van der Waals surface area contributed by atoms with Crippen molar-refractivity contribution in [2.75, 3.05) is 27.3 Å². The number of benzene rings is 1. The topological polar surface area (TPSA) is 71.0 Å². The molecule has 25 heavy (non-hydrogen) atoms. The van der Waals surface area contributed by atoms with E-state index in [4.69, 9.17) is 9.47 Å². The number of nitrogens with one attached hydrogen (secondary N) is 1. The zero-order chi connectivity index (χ0) is 17.9. The maximum atomic E-state index is 12.9. The lowest BCUT2D eigenvalue weighted by atomic mass is 9.88. The fourth-order valence-corrected chi connectivity index (χ4v) is 3.59. The fraction of sp³-hybridized carbons (Fsp3) is 0.632. The van der Waals surface area contributed by atoms with Crippen LogP contribution in [0.2, 0.25) is 0 Å². The van der Waals surface area contributed by atoms with Crippen LogP contribution in [0.3, 0.4) is 0 Å². The summed E-state index contributed by atoms with van der Waals surface area (Å²) in [6, 6.07) is 6.09. The van der Waals surface area contributed by atoms with Crippen LogP contribution in [0.25, 0.3) is 0 Å². The van der Waals surface area contributed by atoms with E-state index in [0.717, 1.165) is 24.8 Å². The van der Waals surface area contributed by atoms with E-state index in [0.29, 0.717) is 43.6 Å². The van der Waals surface area contributed by atoms with Gasteiger partial charge in [0.05, 0.1) is 14.2 Å². The van der Waals surface area contributed by atoms with Crippen LogP contribution in [0.4, 0.5) is 0 Å². The van der Waals surface area contributed by atoms with Crippen LogP contribution in [0.5, 0.6) is 11.5 Å². The average molecular weight is 348 g/mol. The van der Waals surface area contributed by atoms with Crippen molar-refractivity contribution in [3.63, 3.8) is 0 Å². The van der Waals surface area contributed by atoms with Crippen molar-refractivity contribution in [3.05, 3.63) is 23.8 Å². The predicted octanol–water partition coefficient (Wildman–Crippen LogP) is 1.70. The third-order valence-corrected chi connectivity index (χ3v) is 5.34. The standard InChI is InChI=1S/C19H28N2O4/c1-24-16-9-3-6-14(17(16)25-2)12-21-11-5-10-19(23,18(21)22)13-20-15-7-4-8-15/h3,6,9,15,20,23H,4-5,7-8,10-13H2,1-2H3/t19-/m1/s1. The number of carbonyl (C=O) groups is 1. The second kappa shape index (κ2) is 7.62. The van der Waals surface area contributed by atoms with E-state index in [1.54, 1.807) is 19.1 Å². The maximum Gasteiger partial charge on any atom is 0.256 e. The van der Waals surface area contributed by atoms with Gasteiger partial charge >= 0.3 is 0 Å². The number of amides is 1. The summed E-state index contributed by atoms with van der Waals surface area (Å²) in [6.07, 6.45) is 4.80. The number of hydrogen-bond acceptors (Lipinski definition) is 5. The van der Waals surface area contributed by atoms with E-state index >= 15 is 0 Å². The first-order valence-electron chi connectivity index (χ1n) is 9.02. The van der Waals surface area contributed by atoms with Gasteiger partial charge < -0.3 is 24.8 Å². The highest BCUT2D eigenvalue weighted by atomic mass is 16.5. The van der Waals surface area contributed by atoms with Crippen LogP contribution in [-0.4, -0.2) is 54.9 Å². The van der Waals surface area contributed by atoms with Crippen LogP contribution in [0.1, 0.15) is 37.7 Å². The van der Waals surface area contributed by atoms with Gasteiger partial charge in [-0.3, -0.25) is 4.79 Å². The summed E-state index contributed by atoms with van der Waals surface area (Å²) in [6.45, 7) is 1.39. The molecule has 2 N–H and O–H groups in total. The van der Waals surface area contributed by atoms with Crippen molar-refractivity contribution in [1.29, 1.82) is 0 Å². The number of nitrogens with zero attached hydrogens (tertiary/aromatic N) is 1. The van der Waals surface area contributed by atoms with Gasteiger partial charge in [-0.25, -0.2) is 0 Å². The van der Waals surface area contributed by atoms with Gasteiger partial charge in [0.25, 0.3) is 5.91 Å². The van der Waals surface area contributed by atoms with Gasteiger partial charge in [0.2, 0.25) is 0 Å². The Morgan fingerprint density at radius 1 is 1.28 bits per heavy atom. The molecule has 0 spiro atoms. The molecule has 1 amide bonds. The van der Waals surface area contributed by atoms with Crippen LogP contribution in [0, 0.1) is 0 Å². The van der Waals surface area contributed by atoms with Crippen molar-refractivity contribution in [2.24, 2.45) is 0 Å². The highest BCUT2D eigenvalue weighted by molar-refractivity contribution is 5.86. The lowest BCUT2D eigenvalue weighted by Gasteiger charge is -2.40. The number of methoxy groups -OCH3 is 2. The molecule has 1 aromatic carbocycles. The molecule has 1 aliphatic carbocycles. The Labute approximate surface area is 149 Å². The van der Waals surface area contributed by atoms with E-state index in [-0.39, 0.29) is 5.91 Å². The van der Waals surface area contributed by atoms with Gasteiger partial charge in [0, 0.05) is 31.2 Å². The maximum absolute atomic E-state index is 12.9. The molecule has 0 aromatic heterocycles. The summed E-state index contributed by atoms with van der Waals surface area (Å²) in [7, 11) is 3.19. The van der Waals surface area contributed by atoms with Gasteiger partial charge in [-0.15, -0.1) is 0 Å². The zero-order valence-corrected chi connectivity index (χ0v) is 15.1. The van der Waals surface area contributed by atoms with Crippen molar-refractivity contribution in [1.82, 2.24) is 10.2 Å². The smallest absolute Gasteiger partial charge is 0.256 e. The Bertz CT molecular complexity index is 617. The average Bonchev–Trinajstić information content (AvgIpc) is 2.57. The summed E-state index contributed by atoms with van der Waals surface area (Å²) >= 11 is 0. The second-order valence-electron chi connectivity index (χ2n) is 7.02. The number of para-hydroxylation sites is 1. The quantitative estimate of drug-likeness (QED) is 0.785. The van der Waals surface area contributed by atoms with E-state index < -0.39 is 5.60 Å². The molecular weight excluding hydrogens is 320 g/mol. The fourth-order valence-electron chi connectivity index (χ4n) is 3.59. The Morgan fingerprint density at radius 3 is 2.72 bits per heavy atom. The highest BCUT2D eigenvalue weighted by Gasteiger charge is 2.42. The number of piperidine rings is 1. The number of aliphatic hydroxyl groups is 1. The molecule has 3 rings (SSSR count). The molecule has 2 fully saturated rings. The van der Waals surface area contributed by atoms with Crippen molar-refractivity contribution in [2.45, 2.75) is 50.3 Å². The minimum atomic E-state index is -1.31. The molecule has 1 saturated heterocycles. The third-order valence-electron chi connectivity index (χ3n) is 5.34. The lowest BCUT2D eigenvalue weighted by Crippen LogP contribution is -2.59. The summed E-state index contributed by atoms with van der Waals surface area (Å²) in [5, 5.41) is 14.2. The molecule has 6 heteroatoms.